The van der Waals surface area contributed by atoms with Crippen molar-refractivity contribution in [2.45, 2.75) is 61.8 Å². The summed E-state index contributed by atoms with van der Waals surface area (Å²) in [5, 5.41) is 18.9. The molecule has 0 saturated carbocycles. The number of aromatic hydroxyl groups is 2. The summed E-state index contributed by atoms with van der Waals surface area (Å²) in [6.07, 6.45) is 8.49. The lowest BCUT2D eigenvalue weighted by molar-refractivity contribution is 0.323. The van der Waals surface area contributed by atoms with Gasteiger partial charge in [0.2, 0.25) is 39.3 Å². The van der Waals surface area contributed by atoms with Crippen LogP contribution in [0.25, 0.3) is 0 Å². The van der Waals surface area contributed by atoms with Gasteiger partial charge in [-0.15, -0.1) is 0 Å². The number of hydrogen-bond acceptors (Lipinski definition) is 20. The zero-order chi connectivity index (χ0) is 61.6. The predicted molar refractivity (Wildman–Crippen MR) is 312 cm³/mol. The molecule has 2 N–H and O–H groups in total. The van der Waals surface area contributed by atoms with Gasteiger partial charge in [0, 0.05) is 12.8 Å². The van der Waals surface area contributed by atoms with Gasteiger partial charge >= 0.3 is 20.2 Å². The summed E-state index contributed by atoms with van der Waals surface area (Å²) in [5.74, 6) is 1.32. The summed E-state index contributed by atoms with van der Waals surface area (Å²) in [5.41, 5.74) is 0. The number of rotatable bonds is 28. The van der Waals surface area contributed by atoms with Gasteiger partial charge in [-0.2, -0.15) is 16.8 Å². The van der Waals surface area contributed by atoms with Crippen molar-refractivity contribution in [3.8, 4) is 34.5 Å². The van der Waals surface area contributed by atoms with Gasteiger partial charge in [0.05, 0.1) is 52.4 Å². The molecule has 8 rings (SSSR count). The average molecular weight is 1290 g/mol. The fraction of sp³-hybridized carbons (Fsp3) is 0.100. The zero-order valence-corrected chi connectivity index (χ0v) is 49.8. The quantitative estimate of drug-likeness (QED) is 0.0199. The van der Waals surface area contributed by atoms with E-state index in [4.69, 9.17) is 27.3 Å². The van der Waals surface area contributed by atoms with Crippen LogP contribution in [0.1, 0.15) is 12.8 Å². The van der Waals surface area contributed by atoms with E-state index in [0.29, 0.717) is 23.0 Å². The Hall–Kier alpha value is -8.92. The molecular formula is C60H52O20S6. The molecule has 0 bridgehead atoms. The van der Waals surface area contributed by atoms with Crippen LogP contribution in [-0.2, 0) is 68.0 Å². The first-order chi connectivity index (χ1) is 40.9. The minimum atomic E-state index is -4.31. The maximum atomic E-state index is 13.4. The summed E-state index contributed by atoms with van der Waals surface area (Å²) in [6, 6.07) is 41.9. The molecule has 0 aliphatic rings. The molecule has 0 aromatic heterocycles. The maximum Gasteiger partial charge on any atom is 0.338 e. The van der Waals surface area contributed by atoms with Crippen LogP contribution >= 0.6 is 0 Å². The number of sulfone groups is 4. The summed E-state index contributed by atoms with van der Waals surface area (Å²) in [4.78, 5) is -0.978. The lowest BCUT2D eigenvalue weighted by Gasteiger charge is -2.09. The molecule has 0 aliphatic heterocycles. The number of ether oxygens (including phenoxy) is 4. The molecule has 448 valence electrons. The van der Waals surface area contributed by atoms with Crippen molar-refractivity contribution in [1.82, 2.24) is 0 Å². The normalized spacial score (nSPS) is 12.5. The number of phenols is 2. The molecule has 20 nitrogen and oxygen atoms in total. The standard InChI is InChI=1S/C60H52O20S6/c61-45-7-19-51(20-8-45)81(63,64)53-23-11-49(12-24-53)77-41-3-5-43-79-85(71,72)59-35-31-57(32-36-59)83(67,68)55-27-15-47(16-28-55)75-39-1-2-40-76-48-17-29-56(30-18-48)84(69,70)58-33-37-60(38-34-58)86(73,74)80-44-6-4-42-78-50-13-25-54(26-14-50)82(65,66)52-21-9-46(62)10-22-52/h1-2,5-38,43-44,61-62H,3-4,39-42H2/b2-1+,43-5?,44-6?. The lowest BCUT2D eigenvalue weighted by atomic mass is 10.3. The van der Waals surface area contributed by atoms with E-state index in [1.807, 2.05) is 0 Å². The highest BCUT2D eigenvalue weighted by molar-refractivity contribution is 7.92. The van der Waals surface area contributed by atoms with Crippen molar-refractivity contribution in [1.29, 1.82) is 0 Å². The van der Waals surface area contributed by atoms with Gasteiger partial charge in [0.15, 0.2) is 0 Å². The molecule has 86 heavy (non-hydrogen) atoms. The Balaban J connectivity index is 0.716. The first-order valence-electron chi connectivity index (χ1n) is 25.5. The summed E-state index contributed by atoms with van der Waals surface area (Å²) < 4.78 is 189. The molecule has 0 heterocycles. The Morgan fingerprint density at radius 1 is 0.267 bits per heavy atom. The molecule has 26 heteroatoms. The Labute approximate surface area is 498 Å². The first kappa shape index (κ1) is 63.1. The Kier molecular flexibility index (Phi) is 20.1. The lowest BCUT2D eigenvalue weighted by Crippen LogP contribution is -2.05. The minimum Gasteiger partial charge on any atom is -0.508 e. The predicted octanol–water partition coefficient (Wildman–Crippen LogP) is 9.82. The van der Waals surface area contributed by atoms with E-state index >= 15 is 0 Å². The summed E-state index contributed by atoms with van der Waals surface area (Å²) >= 11 is 0. The van der Waals surface area contributed by atoms with Crippen molar-refractivity contribution in [3.05, 3.63) is 231 Å². The molecule has 0 fully saturated rings. The van der Waals surface area contributed by atoms with Gasteiger partial charge in [-0.05, 0) is 218 Å². The van der Waals surface area contributed by atoms with Crippen LogP contribution in [0.4, 0.5) is 0 Å². The van der Waals surface area contributed by atoms with Gasteiger partial charge in [-0.3, -0.25) is 0 Å². The average Bonchev–Trinajstić information content (AvgIpc) is 1.72. The third-order valence-corrected chi connectivity index (χ3v) is 21.8. The van der Waals surface area contributed by atoms with Crippen molar-refractivity contribution < 1.29 is 88.0 Å². The molecule has 8 aromatic rings. The first-order valence-corrected chi connectivity index (χ1v) is 34.2. The van der Waals surface area contributed by atoms with Crippen molar-refractivity contribution in [3.63, 3.8) is 0 Å². The molecule has 0 radical (unpaired) electrons. The molecule has 0 unspecified atom stereocenters. The highest BCUT2D eigenvalue weighted by Gasteiger charge is 2.24. The maximum absolute atomic E-state index is 13.4. The molecule has 0 atom stereocenters. The Morgan fingerprint density at radius 2 is 0.477 bits per heavy atom. The third kappa shape index (κ3) is 16.1. The van der Waals surface area contributed by atoms with Gasteiger partial charge in [0.25, 0.3) is 0 Å². The van der Waals surface area contributed by atoms with Crippen LogP contribution in [0.15, 0.2) is 280 Å². The fourth-order valence-corrected chi connectivity index (χ4v) is 14.3. The van der Waals surface area contributed by atoms with Gasteiger partial charge < -0.3 is 37.5 Å². The molecule has 0 saturated heterocycles. The van der Waals surface area contributed by atoms with Crippen LogP contribution in [-0.4, -0.2) is 87.1 Å². The monoisotopic (exact) mass is 1280 g/mol. The van der Waals surface area contributed by atoms with E-state index in [1.54, 1.807) is 12.2 Å². The molecule has 0 amide bonds. The van der Waals surface area contributed by atoms with Crippen molar-refractivity contribution in [2.75, 3.05) is 26.4 Å². The van der Waals surface area contributed by atoms with Crippen LogP contribution in [0.2, 0.25) is 0 Å². The molecule has 0 aliphatic carbocycles. The van der Waals surface area contributed by atoms with Crippen LogP contribution < -0.4 is 18.9 Å². The van der Waals surface area contributed by atoms with E-state index in [0.717, 1.165) is 61.1 Å². The number of benzene rings is 8. The Bertz CT molecular complexity index is 4130. The third-order valence-electron chi connectivity index (χ3n) is 12.2. The summed E-state index contributed by atoms with van der Waals surface area (Å²) in [6.45, 7) is 0.377. The highest BCUT2D eigenvalue weighted by Crippen LogP contribution is 2.30. The Morgan fingerprint density at radius 3 is 0.733 bits per heavy atom. The minimum absolute atomic E-state index is 0.0163. The SMILES string of the molecule is O=S(=O)(OC=CCCOc1ccc(S(=O)(=O)c2ccc(O)cc2)cc1)c1ccc(S(=O)(=O)c2ccc(OC/C=C/COc3ccc(S(=O)(=O)c4ccc(S(=O)(=O)OC=CCCOc5ccc(S(=O)(=O)c6ccc(O)cc6)cc5)cc4)cc3)cc2)cc1. The highest BCUT2D eigenvalue weighted by atomic mass is 32.2. The van der Waals surface area contributed by atoms with E-state index in [9.17, 15) is 60.7 Å². The van der Waals surface area contributed by atoms with Gasteiger partial charge in [-0.1, -0.05) is 0 Å². The van der Waals surface area contributed by atoms with Crippen LogP contribution in [0, 0.1) is 0 Å². The van der Waals surface area contributed by atoms with E-state index < -0.39 is 59.6 Å². The molecular weight excluding hydrogens is 1230 g/mol. The largest absolute Gasteiger partial charge is 0.508 e. The van der Waals surface area contributed by atoms with Crippen LogP contribution in [0.3, 0.4) is 0 Å². The van der Waals surface area contributed by atoms with Crippen molar-refractivity contribution >= 4 is 59.6 Å². The zero-order valence-electron chi connectivity index (χ0n) is 44.9. The van der Waals surface area contributed by atoms with Crippen LogP contribution in [0.5, 0.6) is 34.5 Å². The molecule has 8 aromatic carbocycles. The van der Waals surface area contributed by atoms with Gasteiger partial charge in [0.1, 0.15) is 70.0 Å². The van der Waals surface area contributed by atoms with Crippen molar-refractivity contribution in [2.24, 2.45) is 0 Å². The molecule has 0 spiro atoms. The second-order valence-corrected chi connectivity index (χ2v) is 29.0. The number of phenolic OH excluding ortho intramolecular Hbond substituents is 2. The van der Waals surface area contributed by atoms with E-state index in [2.05, 4.69) is 0 Å². The second-order valence-electron chi connectivity index (χ2n) is 18.0. The number of hydrogen-bond donors (Lipinski definition) is 2. The topological polar surface area (TPSA) is 301 Å². The summed E-state index contributed by atoms with van der Waals surface area (Å²) in [7, 11) is -24.4. The van der Waals surface area contributed by atoms with Gasteiger partial charge in [-0.25, -0.2) is 33.7 Å². The second kappa shape index (κ2) is 27.4. The smallest absolute Gasteiger partial charge is 0.338 e. The van der Waals surface area contributed by atoms with E-state index in [-0.39, 0.29) is 99.7 Å². The van der Waals surface area contributed by atoms with E-state index in [1.165, 1.54) is 158 Å². The fourth-order valence-electron chi connectivity index (χ4n) is 7.61.